The van der Waals surface area contributed by atoms with Crippen molar-refractivity contribution < 1.29 is 5.21 Å². The van der Waals surface area contributed by atoms with Crippen LogP contribution in [0.4, 0.5) is 0 Å². The first kappa shape index (κ1) is 10.3. The third-order valence-corrected chi connectivity index (χ3v) is 2.69. The molecule has 0 amide bonds. The number of rotatable bonds is 4. The van der Waals surface area contributed by atoms with E-state index in [1.807, 2.05) is 6.92 Å². The van der Waals surface area contributed by atoms with Crippen molar-refractivity contribution in [2.75, 3.05) is 6.54 Å². The predicted molar refractivity (Wildman–Crippen MR) is 52.8 cm³/mol. The molecular weight excluding hydrogens is 166 g/mol. The van der Waals surface area contributed by atoms with Gasteiger partial charge in [-0.1, -0.05) is 24.9 Å². The van der Waals surface area contributed by atoms with Crippen LogP contribution in [-0.2, 0) is 0 Å². The Bertz CT molecular complexity index is 176. The van der Waals surface area contributed by atoms with Gasteiger partial charge >= 0.3 is 0 Å². The summed E-state index contributed by atoms with van der Waals surface area (Å²) in [5, 5.41) is 14.8. The van der Waals surface area contributed by atoms with Crippen LogP contribution in [0.1, 0.15) is 32.6 Å². The van der Waals surface area contributed by atoms with Crippen LogP contribution >= 0.6 is 0 Å². The third-order valence-electron chi connectivity index (χ3n) is 2.69. The van der Waals surface area contributed by atoms with Crippen molar-refractivity contribution in [1.29, 1.82) is 0 Å². The van der Waals surface area contributed by atoms with Gasteiger partial charge in [-0.25, -0.2) is 0 Å². The summed E-state index contributed by atoms with van der Waals surface area (Å²) in [6, 6.07) is 0.647. The first-order chi connectivity index (χ1) is 6.24. The fourth-order valence-electron chi connectivity index (χ4n) is 1.68. The average Bonchev–Trinajstić information content (AvgIpc) is 2.65. The van der Waals surface area contributed by atoms with Crippen LogP contribution in [0.25, 0.3) is 0 Å². The molecule has 0 heterocycles. The molecule has 1 atom stereocenters. The maximum atomic E-state index is 8.43. The summed E-state index contributed by atoms with van der Waals surface area (Å²) < 4.78 is 0. The van der Waals surface area contributed by atoms with E-state index in [1.54, 1.807) is 0 Å². The zero-order chi connectivity index (χ0) is 9.68. The first-order valence-corrected chi connectivity index (χ1v) is 4.95. The van der Waals surface area contributed by atoms with Gasteiger partial charge in [-0.2, -0.15) is 0 Å². The maximum absolute atomic E-state index is 8.43. The molecule has 1 aliphatic carbocycles. The smallest absolute Gasteiger partial charge is 0.143 e. The summed E-state index contributed by atoms with van der Waals surface area (Å²) >= 11 is 0. The minimum absolute atomic E-state index is 0.116. The Morgan fingerprint density at radius 1 is 1.62 bits per heavy atom. The van der Waals surface area contributed by atoms with E-state index in [0.717, 1.165) is 6.54 Å². The van der Waals surface area contributed by atoms with Crippen LogP contribution in [0, 0.1) is 5.92 Å². The minimum atomic E-state index is 0.116. The lowest BCUT2D eigenvalue weighted by Crippen LogP contribution is -2.35. The van der Waals surface area contributed by atoms with Gasteiger partial charge in [-0.05, 0) is 12.8 Å². The monoisotopic (exact) mass is 185 g/mol. The molecule has 0 radical (unpaired) electrons. The van der Waals surface area contributed by atoms with Gasteiger partial charge in [0.15, 0.2) is 0 Å². The molecule has 1 fully saturated rings. The molecule has 4 heteroatoms. The van der Waals surface area contributed by atoms with Gasteiger partial charge < -0.3 is 16.3 Å². The molecule has 4 nitrogen and oxygen atoms in total. The molecule has 13 heavy (non-hydrogen) atoms. The Balaban J connectivity index is 2.17. The van der Waals surface area contributed by atoms with E-state index in [9.17, 15) is 0 Å². The van der Waals surface area contributed by atoms with E-state index < -0.39 is 0 Å². The summed E-state index contributed by atoms with van der Waals surface area (Å²) in [6.07, 6.45) is 5.19. The number of nitrogens with two attached hydrogens (primary N) is 1. The molecule has 0 saturated heterocycles. The summed E-state index contributed by atoms with van der Waals surface area (Å²) in [6.45, 7) is 2.76. The number of hydrogen-bond acceptors (Lipinski definition) is 3. The number of oxime groups is 1. The molecule has 0 spiro atoms. The van der Waals surface area contributed by atoms with E-state index in [0.29, 0.717) is 11.9 Å². The normalized spacial score (nSPS) is 22.1. The lowest BCUT2D eigenvalue weighted by atomic mass is 10.1. The molecule has 76 valence electrons. The molecular formula is C9H19N3O. The molecule has 4 N–H and O–H groups in total. The van der Waals surface area contributed by atoms with Crippen molar-refractivity contribution >= 4 is 5.84 Å². The summed E-state index contributed by atoms with van der Waals surface area (Å²) in [7, 11) is 0. The zero-order valence-electron chi connectivity index (χ0n) is 8.16. The molecule has 0 aromatic rings. The van der Waals surface area contributed by atoms with Crippen molar-refractivity contribution in [3.8, 4) is 0 Å². The topological polar surface area (TPSA) is 70.6 Å². The lowest BCUT2D eigenvalue weighted by Gasteiger charge is -2.15. The number of hydrogen-bond donors (Lipinski definition) is 3. The molecule has 1 unspecified atom stereocenters. The molecule has 1 aliphatic rings. The Morgan fingerprint density at radius 3 is 2.77 bits per heavy atom. The van der Waals surface area contributed by atoms with Crippen molar-refractivity contribution in [2.45, 2.75) is 38.6 Å². The van der Waals surface area contributed by atoms with Crippen LogP contribution in [0.3, 0.4) is 0 Å². The van der Waals surface area contributed by atoms with E-state index in [4.69, 9.17) is 10.9 Å². The van der Waals surface area contributed by atoms with Crippen molar-refractivity contribution in [1.82, 2.24) is 5.32 Å². The quantitative estimate of drug-likeness (QED) is 0.264. The van der Waals surface area contributed by atoms with Crippen LogP contribution in [0.5, 0.6) is 0 Å². The van der Waals surface area contributed by atoms with Gasteiger partial charge in [0.05, 0.1) is 0 Å². The summed E-state index contributed by atoms with van der Waals surface area (Å²) in [5.74, 6) is 0.427. The molecule has 1 saturated carbocycles. The van der Waals surface area contributed by atoms with Crippen molar-refractivity contribution in [3.63, 3.8) is 0 Å². The first-order valence-electron chi connectivity index (χ1n) is 4.95. The Morgan fingerprint density at radius 2 is 2.23 bits per heavy atom. The third kappa shape index (κ3) is 3.22. The standard InChI is InChI=1S/C9H19N3O/c1-7(9(10)12-13)6-11-8-4-2-3-5-8/h7-8,11,13H,2-6H2,1H3,(H2,10,12). The highest BCUT2D eigenvalue weighted by atomic mass is 16.4. The highest BCUT2D eigenvalue weighted by molar-refractivity contribution is 5.82. The van der Waals surface area contributed by atoms with E-state index in [1.165, 1.54) is 25.7 Å². The largest absolute Gasteiger partial charge is 0.409 e. The lowest BCUT2D eigenvalue weighted by molar-refractivity contribution is 0.313. The Labute approximate surface area is 79.2 Å². The number of nitrogens with zero attached hydrogens (tertiary/aromatic N) is 1. The highest BCUT2D eigenvalue weighted by Gasteiger charge is 2.16. The second-order valence-corrected chi connectivity index (χ2v) is 3.82. The SMILES string of the molecule is CC(CNC1CCCC1)C(N)=NO. The van der Waals surface area contributed by atoms with Gasteiger partial charge in [0.25, 0.3) is 0 Å². The van der Waals surface area contributed by atoms with Gasteiger partial charge in [-0.3, -0.25) is 0 Å². The van der Waals surface area contributed by atoms with E-state index in [2.05, 4.69) is 10.5 Å². The molecule has 0 aromatic heterocycles. The van der Waals surface area contributed by atoms with E-state index in [-0.39, 0.29) is 5.92 Å². The Kier molecular flexibility index (Phi) is 4.02. The van der Waals surface area contributed by atoms with Crippen LogP contribution in [0.2, 0.25) is 0 Å². The van der Waals surface area contributed by atoms with Gasteiger partial charge in [0, 0.05) is 18.5 Å². The maximum Gasteiger partial charge on any atom is 0.143 e. The van der Waals surface area contributed by atoms with Crippen molar-refractivity contribution in [3.05, 3.63) is 0 Å². The van der Waals surface area contributed by atoms with Crippen LogP contribution < -0.4 is 11.1 Å². The van der Waals surface area contributed by atoms with Crippen LogP contribution in [0.15, 0.2) is 5.16 Å². The number of nitrogens with one attached hydrogen (secondary N) is 1. The minimum Gasteiger partial charge on any atom is -0.409 e. The molecule has 0 aromatic carbocycles. The van der Waals surface area contributed by atoms with E-state index >= 15 is 0 Å². The molecule has 0 aliphatic heterocycles. The van der Waals surface area contributed by atoms with Crippen LogP contribution in [-0.4, -0.2) is 23.6 Å². The second kappa shape index (κ2) is 5.07. The fraction of sp³-hybridized carbons (Fsp3) is 0.889. The molecule has 1 rings (SSSR count). The van der Waals surface area contributed by atoms with Gasteiger partial charge in [-0.15, -0.1) is 0 Å². The molecule has 0 bridgehead atoms. The summed E-state index contributed by atoms with van der Waals surface area (Å²) in [4.78, 5) is 0. The average molecular weight is 185 g/mol. The number of amidine groups is 1. The van der Waals surface area contributed by atoms with Gasteiger partial charge in [0.1, 0.15) is 5.84 Å². The second-order valence-electron chi connectivity index (χ2n) is 3.82. The Hall–Kier alpha value is -0.770. The highest BCUT2D eigenvalue weighted by Crippen LogP contribution is 2.17. The predicted octanol–water partition coefficient (Wildman–Crippen LogP) is 0.901. The van der Waals surface area contributed by atoms with Crippen molar-refractivity contribution in [2.24, 2.45) is 16.8 Å². The summed E-state index contributed by atoms with van der Waals surface area (Å²) in [5.41, 5.74) is 5.46. The zero-order valence-corrected chi connectivity index (χ0v) is 8.16. The fourth-order valence-corrected chi connectivity index (χ4v) is 1.68. The van der Waals surface area contributed by atoms with Gasteiger partial charge in [0.2, 0.25) is 0 Å².